The summed E-state index contributed by atoms with van der Waals surface area (Å²) in [5.41, 5.74) is 0.571. The molecular formula is C12H19N3S. The minimum Gasteiger partial charge on any atom is -0.341 e. The van der Waals surface area contributed by atoms with Crippen LogP contribution in [0.1, 0.15) is 52.3 Å². The summed E-state index contributed by atoms with van der Waals surface area (Å²) in [5, 5.41) is 1.15. The maximum Gasteiger partial charge on any atom is 0.205 e. The van der Waals surface area contributed by atoms with Gasteiger partial charge in [0.1, 0.15) is 5.82 Å². The number of aromatic nitrogens is 2. The summed E-state index contributed by atoms with van der Waals surface area (Å²) in [6.07, 6.45) is 5.47. The van der Waals surface area contributed by atoms with Crippen LogP contribution in [0.4, 0.5) is 5.13 Å². The van der Waals surface area contributed by atoms with Crippen LogP contribution in [0.3, 0.4) is 0 Å². The van der Waals surface area contributed by atoms with Crippen LogP contribution in [0.2, 0.25) is 0 Å². The first-order chi connectivity index (χ1) is 7.51. The second kappa shape index (κ2) is 3.19. The lowest BCUT2D eigenvalue weighted by molar-refractivity contribution is 0.151. The quantitative estimate of drug-likeness (QED) is 0.752. The van der Waals surface area contributed by atoms with E-state index in [4.69, 9.17) is 4.98 Å². The van der Waals surface area contributed by atoms with Crippen molar-refractivity contribution in [2.24, 2.45) is 0 Å². The molecule has 2 aliphatic rings. The lowest BCUT2D eigenvalue weighted by atomic mass is 9.68. The highest BCUT2D eigenvalue weighted by Crippen LogP contribution is 2.49. The summed E-state index contributed by atoms with van der Waals surface area (Å²) >= 11 is 1.58. The lowest BCUT2D eigenvalue weighted by Crippen LogP contribution is -2.64. The molecule has 3 rings (SSSR count). The highest BCUT2D eigenvalue weighted by molar-refractivity contribution is 7.09. The number of hydrogen-bond acceptors (Lipinski definition) is 4. The highest BCUT2D eigenvalue weighted by atomic mass is 32.1. The third-order valence-electron chi connectivity index (χ3n) is 3.97. The molecule has 1 aliphatic carbocycles. The molecule has 16 heavy (non-hydrogen) atoms. The van der Waals surface area contributed by atoms with E-state index in [1.54, 1.807) is 11.5 Å². The molecule has 2 heterocycles. The van der Waals surface area contributed by atoms with Gasteiger partial charge in [-0.25, -0.2) is 4.98 Å². The fourth-order valence-electron chi connectivity index (χ4n) is 2.57. The van der Waals surface area contributed by atoms with Crippen LogP contribution in [0.25, 0.3) is 0 Å². The van der Waals surface area contributed by atoms with Gasteiger partial charge < -0.3 is 4.90 Å². The van der Waals surface area contributed by atoms with Gasteiger partial charge in [0.05, 0.1) is 0 Å². The van der Waals surface area contributed by atoms with Crippen LogP contribution >= 0.6 is 11.5 Å². The van der Waals surface area contributed by atoms with E-state index in [0.29, 0.717) is 5.54 Å². The molecule has 1 aromatic heterocycles. The van der Waals surface area contributed by atoms with Crippen LogP contribution in [0, 0.1) is 0 Å². The van der Waals surface area contributed by atoms with Crippen LogP contribution in [-0.2, 0) is 5.41 Å². The van der Waals surface area contributed by atoms with Crippen molar-refractivity contribution in [1.82, 2.24) is 9.36 Å². The van der Waals surface area contributed by atoms with E-state index >= 15 is 0 Å². The largest absolute Gasteiger partial charge is 0.341 e. The van der Waals surface area contributed by atoms with Gasteiger partial charge in [-0.15, -0.1) is 0 Å². The standard InChI is InChI=1S/C12H19N3S/c1-11(2,3)9-13-10(16-14-9)15-8-7-12(15)5-4-6-12/h4-8H2,1-3H3. The van der Waals surface area contributed by atoms with Crippen molar-refractivity contribution in [3.63, 3.8) is 0 Å². The molecular weight excluding hydrogens is 218 g/mol. The zero-order valence-corrected chi connectivity index (χ0v) is 11.1. The Morgan fingerprint density at radius 2 is 2.00 bits per heavy atom. The summed E-state index contributed by atoms with van der Waals surface area (Å²) in [4.78, 5) is 7.20. The highest BCUT2D eigenvalue weighted by Gasteiger charge is 2.50. The molecule has 0 aromatic carbocycles. The average molecular weight is 237 g/mol. The molecule has 0 N–H and O–H groups in total. The van der Waals surface area contributed by atoms with Gasteiger partial charge >= 0.3 is 0 Å². The molecule has 2 fully saturated rings. The summed E-state index contributed by atoms with van der Waals surface area (Å²) in [7, 11) is 0. The Morgan fingerprint density at radius 1 is 1.25 bits per heavy atom. The second-order valence-electron chi connectivity index (χ2n) is 6.13. The average Bonchev–Trinajstić information content (AvgIpc) is 2.46. The molecule has 4 heteroatoms. The van der Waals surface area contributed by atoms with Crippen LogP contribution in [-0.4, -0.2) is 21.4 Å². The molecule has 1 saturated carbocycles. The van der Waals surface area contributed by atoms with Gasteiger partial charge in [0.25, 0.3) is 0 Å². The number of anilines is 1. The molecule has 0 radical (unpaired) electrons. The SMILES string of the molecule is CC(C)(C)c1nsc(N2CCC23CCC3)n1. The summed E-state index contributed by atoms with van der Waals surface area (Å²) in [5.74, 6) is 0.994. The molecule has 0 amide bonds. The third kappa shape index (κ3) is 1.39. The third-order valence-corrected chi connectivity index (χ3v) is 4.71. The fourth-order valence-corrected chi connectivity index (χ4v) is 3.57. The van der Waals surface area contributed by atoms with Gasteiger partial charge in [0.15, 0.2) is 0 Å². The minimum atomic E-state index is 0.0758. The summed E-state index contributed by atoms with van der Waals surface area (Å²) in [6.45, 7) is 7.70. The molecule has 88 valence electrons. The molecule has 1 aromatic rings. The fraction of sp³-hybridized carbons (Fsp3) is 0.833. The predicted octanol–water partition coefficient (Wildman–Crippen LogP) is 2.97. The smallest absolute Gasteiger partial charge is 0.205 e. The van der Waals surface area contributed by atoms with E-state index in [1.165, 1.54) is 32.2 Å². The first-order valence-corrected chi connectivity index (χ1v) is 6.91. The van der Waals surface area contributed by atoms with E-state index in [1.807, 2.05) is 0 Å². The van der Waals surface area contributed by atoms with Gasteiger partial charge in [0, 0.05) is 29.0 Å². The first-order valence-electron chi connectivity index (χ1n) is 6.13. The maximum atomic E-state index is 4.71. The molecule has 0 bridgehead atoms. The number of nitrogens with zero attached hydrogens (tertiary/aromatic N) is 3. The Labute approximate surface area is 101 Å². The molecule has 1 aliphatic heterocycles. The van der Waals surface area contributed by atoms with E-state index in [2.05, 4.69) is 30.0 Å². The van der Waals surface area contributed by atoms with Crippen molar-refractivity contribution in [2.45, 2.75) is 57.4 Å². The minimum absolute atomic E-state index is 0.0758. The molecule has 0 atom stereocenters. The Morgan fingerprint density at radius 3 is 2.38 bits per heavy atom. The van der Waals surface area contributed by atoms with Crippen LogP contribution in [0.5, 0.6) is 0 Å². The zero-order valence-electron chi connectivity index (χ0n) is 10.3. The molecule has 0 unspecified atom stereocenters. The van der Waals surface area contributed by atoms with Crippen molar-refractivity contribution in [3.05, 3.63) is 5.82 Å². The van der Waals surface area contributed by atoms with Crippen LogP contribution < -0.4 is 4.90 Å². The summed E-state index contributed by atoms with van der Waals surface area (Å²) in [6, 6.07) is 0. The Bertz CT molecular complexity index is 395. The molecule has 1 spiro atoms. The predicted molar refractivity (Wildman–Crippen MR) is 67.2 cm³/mol. The van der Waals surface area contributed by atoms with Crippen molar-refractivity contribution in [3.8, 4) is 0 Å². The Hall–Kier alpha value is -0.640. The maximum absolute atomic E-state index is 4.71. The molecule has 1 saturated heterocycles. The van der Waals surface area contributed by atoms with Gasteiger partial charge in [0.2, 0.25) is 5.13 Å². The normalized spacial score (nSPS) is 23.1. The monoisotopic (exact) mass is 237 g/mol. The van der Waals surface area contributed by atoms with Crippen LogP contribution in [0.15, 0.2) is 0 Å². The zero-order chi connectivity index (χ0) is 11.4. The van der Waals surface area contributed by atoms with Gasteiger partial charge in [-0.1, -0.05) is 20.8 Å². The van der Waals surface area contributed by atoms with Gasteiger partial charge in [-0.3, -0.25) is 0 Å². The van der Waals surface area contributed by atoms with Crippen molar-refractivity contribution >= 4 is 16.7 Å². The van der Waals surface area contributed by atoms with E-state index in [9.17, 15) is 0 Å². The van der Waals surface area contributed by atoms with E-state index in [-0.39, 0.29) is 5.41 Å². The summed E-state index contributed by atoms with van der Waals surface area (Å²) < 4.78 is 4.50. The molecule has 3 nitrogen and oxygen atoms in total. The van der Waals surface area contributed by atoms with Crippen molar-refractivity contribution in [2.75, 3.05) is 11.4 Å². The second-order valence-corrected chi connectivity index (χ2v) is 6.86. The first kappa shape index (κ1) is 10.5. The number of hydrogen-bond donors (Lipinski definition) is 0. The van der Waals surface area contributed by atoms with E-state index < -0.39 is 0 Å². The van der Waals surface area contributed by atoms with E-state index in [0.717, 1.165) is 11.0 Å². The van der Waals surface area contributed by atoms with Gasteiger partial charge in [-0.2, -0.15) is 4.37 Å². The van der Waals surface area contributed by atoms with Crippen molar-refractivity contribution < 1.29 is 0 Å². The van der Waals surface area contributed by atoms with Crippen molar-refractivity contribution in [1.29, 1.82) is 0 Å². The van der Waals surface area contributed by atoms with Gasteiger partial charge in [-0.05, 0) is 25.7 Å². The lowest BCUT2D eigenvalue weighted by Gasteiger charge is -2.58. The Balaban J connectivity index is 1.83. The number of rotatable bonds is 1. The Kier molecular flexibility index (Phi) is 2.09. The topological polar surface area (TPSA) is 29.0 Å².